The second kappa shape index (κ2) is 6.00. The first-order valence-electron chi connectivity index (χ1n) is 5.87. The van der Waals surface area contributed by atoms with Crippen molar-refractivity contribution in [1.82, 2.24) is 15.0 Å². The van der Waals surface area contributed by atoms with Gasteiger partial charge < -0.3 is 20.5 Å². The Kier molecular flexibility index (Phi) is 4.14. The molecule has 0 saturated heterocycles. The number of nitrogen functional groups attached to an aromatic ring is 1. The van der Waals surface area contributed by atoms with Gasteiger partial charge in [0, 0.05) is 11.8 Å². The molecule has 0 saturated carbocycles. The fraction of sp³-hybridized carbons (Fsp3) is 0.250. The molecule has 8 heteroatoms. The van der Waals surface area contributed by atoms with E-state index in [0.717, 1.165) is 0 Å². The zero-order valence-corrected chi connectivity index (χ0v) is 11.1. The van der Waals surface area contributed by atoms with Crippen LogP contribution in [0, 0.1) is 5.82 Å². The third kappa shape index (κ3) is 3.22. The van der Waals surface area contributed by atoms with E-state index in [0.29, 0.717) is 12.3 Å². The zero-order valence-electron chi connectivity index (χ0n) is 11.1. The van der Waals surface area contributed by atoms with Crippen LogP contribution in [0.3, 0.4) is 0 Å². The van der Waals surface area contributed by atoms with Crippen LogP contribution in [0.25, 0.3) is 0 Å². The maximum Gasteiger partial charge on any atom is 0.322 e. The van der Waals surface area contributed by atoms with E-state index in [2.05, 4.69) is 20.3 Å². The first kappa shape index (κ1) is 13.8. The quantitative estimate of drug-likeness (QED) is 0.860. The van der Waals surface area contributed by atoms with Crippen LogP contribution in [0.1, 0.15) is 6.92 Å². The number of nitrogens with one attached hydrogen (secondary N) is 1. The normalized spacial score (nSPS) is 10.2. The third-order valence-electron chi connectivity index (χ3n) is 2.30. The number of hydrogen-bond acceptors (Lipinski definition) is 7. The molecule has 0 aliphatic rings. The summed E-state index contributed by atoms with van der Waals surface area (Å²) in [6.07, 6.45) is 0. The summed E-state index contributed by atoms with van der Waals surface area (Å²) in [6.45, 7) is 2.18. The molecule has 20 heavy (non-hydrogen) atoms. The lowest BCUT2D eigenvalue weighted by Gasteiger charge is -2.09. The Bertz CT molecular complexity index is 608. The Morgan fingerprint density at radius 1 is 1.30 bits per heavy atom. The van der Waals surface area contributed by atoms with Crippen molar-refractivity contribution < 1.29 is 13.9 Å². The van der Waals surface area contributed by atoms with Gasteiger partial charge in [-0.25, -0.2) is 4.39 Å². The van der Waals surface area contributed by atoms with E-state index in [9.17, 15) is 4.39 Å². The first-order valence-corrected chi connectivity index (χ1v) is 5.87. The van der Waals surface area contributed by atoms with Gasteiger partial charge >= 0.3 is 6.01 Å². The van der Waals surface area contributed by atoms with E-state index in [1.165, 1.54) is 19.2 Å². The van der Waals surface area contributed by atoms with Gasteiger partial charge in [-0.2, -0.15) is 15.0 Å². The Labute approximate surface area is 115 Å². The summed E-state index contributed by atoms with van der Waals surface area (Å²) in [6, 6.07) is 4.51. The number of aromatic nitrogens is 3. The molecule has 0 unspecified atom stereocenters. The minimum Gasteiger partial charge on any atom is -0.491 e. The molecule has 1 aromatic heterocycles. The number of rotatable bonds is 5. The van der Waals surface area contributed by atoms with Gasteiger partial charge in [-0.3, -0.25) is 0 Å². The standard InChI is InChI=1S/C12H14FN5O2/c1-3-20-9-5-4-7(6-8(9)13)15-11-16-10(14)17-12(18-11)19-2/h4-6H,3H2,1-2H3,(H3,14,15,16,17,18). The summed E-state index contributed by atoms with van der Waals surface area (Å²) in [7, 11) is 1.41. The molecule has 0 fully saturated rings. The number of hydrogen-bond donors (Lipinski definition) is 2. The maximum absolute atomic E-state index is 13.7. The van der Waals surface area contributed by atoms with Crippen molar-refractivity contribution in [2.75, 3.05) is 24.8 Å². The highest BCUT2D eigenvalue weighted by molar-refractivity contribution is 5.55. The fourth-order valence-corrected chi connectivity index (χ4v) is 1.50. The van der Waals surface area contributed by atoms with E-state index in [-0.39, 0.29) is 23.7 Å². The van der Waals surface area contributed by atoms with Crippen molar-refractivity contribution in [3.63, 3.8) is 0 Å². The number of nitrogens with two attached hydrogens (primary N) is 1. The molecule has 1 heterocycles. The molecule has 0 spiro atoms. The lowest BCUT2D eigenvalue weighted by Crippen LogP contribution is -2.05. The molecule has 0 aliphatic carbocycles. The van der Waals surface area contributed by atoms with Crippen molar-refractivity contribution in [2.24, 2.45) is 0 Å². The SMILES string of the molecule is CCOc1ccc(Nc2nc(N)nc(OC)n2)cc1F. The van der Waals surface area contributed by atoms with Gasteiger partial charge in [0.25, 0.3) is 0 Å². The molecule has 0 aliphatic heterocycles. The molecule has 0 amide bonds. The van der Waals surface area contributed by atoms with Crippen molar-refractivity contribution in [3.8, 4) is 11.8 Å². The number of anilines is 3. The molecule has 1 aromatic carbocycles. The van der Waals surface area contributed by atoms with Crippen LogP contribution in [0.5, 0.6) is 11.8 Å². The van der Waals surface area contributed by atoms with Crippen LogP contribution in [0.15, 0.2) is 18.2 Å². The van der Waals surface area contributed by atoms with E-state index >= 15 is 0 Å². The van der Waals surface area contributed by atoms with Gasteiger partial charge in [-0.1, -0.05) is 0 Å². The van der Waals surface area contributed by atoms with Crippen LogP contribution in [0.2, 0.25) is 0 Å². The van der Waals surface area contributed by atoms with Crippen molar-refractivity contribution in [3.05, 3.63) is 24.0 Å². The maximum atomic E-state index is 13.7. The molecular formula is C12H14FN5O2. The predicted octanol–water partition coefficient (Wildman–Crippen LogP) is 1.74. The fourth-order valence-electron chi connectivity index (χ4n) is 1.50. The second-order valence-corrected chi connectivity index (χ2v) is 3.71. The van der Waals surface area contributed by atoms with Crippen molar-refractivity contribution in [1.29, 1.82) is 0 Å². The Morgan fingerprint density at radius 2 is 2.10 bits per heavy atom. The minimum absolute atomic E-state index is 0.00533. The summed E-state index contributed by atoms with van der Waals surface area (Å²) in [5.41, 5.74) is 5.96. The predicted molar refractivity (Wildman–Crippen MR) is 71.6 cm³/mol. The molecule has 2 rings (SSSR count). The first-order chi connectivity index (χ1) is 9.62. The third-order valence-corrected chi connectivity index (χ3v) is 2.30. The van der Waals surface area contributed by atoms with Crippen LogP contribution >= 0.6 is 0 Å². The topological polar surface area (TPSA) is 95.2 Å². The zero-order chi connectivity index (χ0) is 14.5. The van der Waals surface area contributed by atoms with E-state index in [1.807, 2.05) is 0 Å². The van der Waals surface area contributed by atoms with Crippen LogP contribution in [-0.2, 0) is 0 Å². The van der Waals surface area contributed by atoms with Crippen LogP contribution in [-0.4, -0.2) is 28.7 Å². The van der Waals surface area contributed by atoms with E-state index in [4.69, 9.17) is 15.2 Å². The molecule has 0 radical (unpaired) electrons. The van der Waals surface area contributed by atoms with Crippen molar-refractivity contribution in [2.45, 2.75) is 6.92 Å². The average molecular weight is 279 g/mol. The van der Waals surface area contributed by atoms with Crippen LogP contribution < -0.4 is 20.5 Å². The Hall–Kier alpha value is -2.64. The summed E-state index contributed by atoms with van der Waals surface area (Å²) in [5.74, 6) is -0.125. The highest BCUT2D eigenvalue weighted by atomic mass is 19.1. The summed E-state index contributed by atoms with van der Waals surface area (Å²) >= 11 is 0. The smallest absolute Gasteiger partial charge is 0.322 e. The van der Waals surface area contributed by atoms with Crippen molar-refractivity contribution >= 4 is 17.6 Å². The van der Waals surface area contributed by atoms with Gasteiger partial charge in [0.2, 0.25) is 11.9 Å². The van der Waals surface area contributed by atoms with Gasteiger partial charge in [0.15, 0.2) is 11.6 Å². The number of nitrogens with zero attached hydrogens (tertiary/aromatic N) is 3. The minimum atomic E-state index is -0.481. The number of halogens is 1. The molecule has 0 bridgehead atoms. The van der Waals surface area contributed by atoms with Gasteiger partial charge in [0.05, 0.1) is 13.7 Å². The molecule has 106 valence electrons. The molecule has 2 aromatic rings. The largest absolute Gasteiger partial charge is 0.491 e. The Balaban J connectivity index is 2.21. The average Bonchev–Trinajstić information content (AvgIpc) is 2.41. The van der Waals surface area contributed by atoms with E-state index < -0.39 is 5.82 Å². The van der Waals surface area contributed by atoms with Gasteiger partial charge in [-0.05, 0) is 19.1 Å². The van der Waals surface area contributed by atoms with E-state index in [1.54, 1.807) is 13.0 Å². The van der Waals surface area contributed by atoms with Crippen LogP contribution in [0.4, 0.5) is 22.0 Å². The number of benzene rings is 1. The summed E-state index contributed by atoms with van der Waals surface area (Å²) in [5, 5.41) is 2.81. The molecular weight excluding hydrogens is 265 g/mol. The highest BCUT2D eigenvalue weighted by Crippen LogP contribution is 2.23. The summed E-state index contributed by atoms with van der Waals surface area (Å²) in [4.78, 5) is 11.6. The lowest BCUT2D eigenvalue weighted by molar-refractivity contribution is 0.321. The van der Waals surface area contributed by atoms with Gasteiger partial charge in [-0.15, -0.1) is 0 Å². The molecule has 0 atom stereocenters. The highest BCUT2D eigenvalue weighted by Gasteiger charge is 2.08. The van der Waals surface area contributed by atoms with Gasteiger partial charge in [0.1, 0.15) is 0 Å². The molecule has 3 N–H and O–H groups in total. The summed E-state index contributed by atoms with van der Waals surface area (Å²) < 4.78 is 23.7. The molecule has 7 nitrogen and oxygen atoms in total. The number of methoxy groups -OCH3 is 1. The lowest BCUT2D eigenvalue weighted by atomic mass is 10.3. The second-order valence-electron chi connectivity index (χ2n) is 3.71. The number of ether oxygens (including phenoxy) is 2. The Morgan fingerprint density at radius 3 is 2.75 bits per heavy atom. The monoisotopic (exact) mass is 279 g/mol.